The molecule has 2 nitrogen and oxygen atoms in total. The number of rotatable bonds is 4. The molecule has 17 heavy (non-hydrogen) atoms. The van der Waals surface area contributed by atoms with E-state index in [1.165, 1.54) is 12.1 Å². The first-order valence-corrected chi connectivity index (χ1v) is 6.08. The lowest BCUT2D eigenvalue weighted by Crippen LogP contribution is -2.49. The van der Waals surface area contributed by atoms with Crippen molar-refractivity contribution in [3.05, 3.63) is 35.6 Å². The molecule has 2 rings (SSSR count). The highest BCUT2D eigenvalue weighted by Crippen LogP contribution is 2.08. The molecule has 1 aromatic carbocycles. The van der Waals surface area contributed by atoms with Crippen LogP contribution in [0.3, 0.4) is 0 Å². The van der Waals surface area contributed by atoms with Crippen LogP contribution in [0.4, 0.5) is 8.78 Å². The summed E-state index contributed by atoms with van der Waals surface area (Å²) in [5, 5.41) is 6.25. The van der Waals surface area contributed by atoms with Crippen molar-refractivity contribution in [3.8, 4) is 0 Å². The van der Waals surface area contributed by atoms with Gasteiger partial charge in [-0.3, -0.25) is 0 Å². The summed E-state index contributed by atoms with van der Waals surface area (Å²) >= 11 is 0. The Hall–Kier alpha value is -1.00. The Labute approximate surface area is 100 Å². The summed E-state index contributed by atoms with van der Waals surface area (Å²) in [4.78, 5) is 0. The average Bonchev–Trinajstić information content (AvgIpc) is 2.34. The Morgan fingerprint density at radius 1 is 1.29 bits per heavy atom. The van der Waals surface area contributed by atoms with E-state index < -0.39 is 6.17 Å². The van der Waals surface area contributed by atoms with E-state index in [9.17, 15) is 8.78 Å². The summed E-state index contributed by atoms with van der Waals surface area (Å²) in [5.41, 5.74) is 1.07. The minimum Gasteiger partial charge on any atom is -0.314 e. The van der Waals surface area contributed by atoms with Gasteiger partial charge in [0.2, 0.25) is 0 Å². The zero-order valence-corrected chi connectivity index (χ0v) is 9.76. The van der Waals surface area contributed by atoms with Gasteiger partial charge in [0.1, 0.15) is 12.0 Å². The molecular weight excluding hydrogens is 222 g/mol. The zero-order chi connectivity index (χ0) is 12.1. The first-order chi connectivity index (χ1) is 8.25. The fraction of sp³-hybridized carbons (Fsp3) is 0.538. The molecule has 1 aliphatic rings. The molecule has 0 spiro atoms. The summed E-state index contributed by atoms with van der Waals surface area (Å²) in [7, 11) is 0. The van der Waals surface area contributed by atoms with Crippen molar-refractivity contribution in [2.45, 2.75) is 25.1 Å². The molecule has 2 atom stereocenters. The second-order valence-corrected chi connectivity index (χ2v) is 4.45. The molecule has 0 amide bonds. The summed E-state index contributed by atoms with van der Waals surface area (Å²) in [6.07, 6.45) is 0.818. The number of piperidine rings is 1. The van der Waals surface area contributed by atoms with Crippen molar-refractivity contribution >= 4 is 0 Å². The van der Waals surface area contributed by atoms with E-state index in [1.807, 2.05) is 0 Å². The van der Waals surface area contributed by atoms with Crippen LogP contribution in [0, 0.1) is 5.82 Å². The molecule has 0 aliphatic carbocycles. The molecule has 1 saturated heterocycles. The second kappa shape index (κ2) is 6.07. The molecule has 1 fully saturated rings. The first kappa shape index (κ1) is 12.5. The van der Waals surface area contributed by atoms with Crippen LogP contribution in [0.25, 0.3) is 0 Å². The normalized spacial score (nSPS) is 24.8. The second-order valence-electron chi connectivity index (χ2n) is 4.45. The van der Waals surface area contributed by atoms with E-state index in [2.05, 4.69) is 10.6 Å². The average molecular weight is 240 g/mol. The molecular formula is C13H18F2N2. The Morgan fingerprint density at radius 2 is 2.06 bits per heavy atom. The highest BCUT2D eigenvalue weighted by molar-refractivity contribution is 5.16. The van der Waals surface area contributed by atoms with E-state index >= 15 is 0 Å². The van der Waals surface area contributed by atoms with E-state index in [-0.39, 0.29) is 11.9 Å². The smallest absolute Gasteiger partial charge is 0.128 e. The highest BCUT2D eigenvalue weighted by Gasteiger charge is 2.23. The number of nitrogens with one attached hydrogen (secondary N) is 2. The van der Waals surface area contributed by atoms with Crippen molar-refractivity contribution in [2.24, 2.45) is 0 Å². The molecule has 4 heteroatoms. The standard InChI is InChI=1S/C13H18F2N2/c14-11-3-1-10(2-4-11)5-8-17-13-6-7-16-9-12(13)15/h1-4,12-13,16-17H,5-9H2/t12-,13+/m0/s1. The summed E-state index contributed by atoms with van der Waals surface area (Å²) in [6.45, 7) is 2.04. The van der Waals surface area contributed by atoms with Crippen LogP contribution in [0.2, 0.25) is 0 Å². The molecule has 0 bridgehead atoms. The third kappa shape index (κ3) is 3.75. The van der Waals surface area contributed by atoms with Crippen molar-refractivity contribution in [2.75, 3.05) is 19.6 Å². The van der Waals surface area contributed by atoms with Crippen LogP contribution < -0.4 is 10.6 Å². The quantitative estimate of drug-likeness (QED) is 0.836. The lowest BCUT2D eigenvalue weighted by molar-refractivity contribution is 0.204. The lowest BCUT2D eigenvalue weighted by Gasteiger charge is -2.27. The van der Waals surface area contributed by atoms with E-state index in [0.717, 1.165) is 31.5 Å². The van der Waals surface area contributed by atoms with Gasteiger partial charge in [-0.25, -0.2) is 8.78 Å². The molecule has 0 unspecified atom stereocenters. The third-order valence-corrected chi connectivity index (χ3v) is 3.14. The number of hydrogen-bond acceptors (Lipinski definition) is 2. The van der Waals surface area contributed by atoms with Crippen LogP contribution in [-0.2, 0) is 6.42 Å². The number of halogens is 2. The van der Waals surface area contributed by atoms with Crippen LogP contribution in [0.1, 0.15) is 12.0 Å². The van der Waals surface area contributed by atoms with E-state index in [0.29, 0.717) is 6.54 Å². The van der Waals surface area contributed by atoms with Gasteiger partial charge in [0.05, 0.1) is 0 Å². The molecule has 0 saturated carbocycles. The van der Waals surface area contributed by atoms with Gasteiger partial charge in [-0.15, -0.1) is 0 Å². The van der Waals surface area contributed by atoms with Crippen molar-refractivity contribution in [1.29, 1.82) is 0 Å². The van der Waals surface area contributed by atoms with Gasteiger partial charge in [-0.2, -0.15) is 0 Å². The highest BCUT2D eigenvalue weighted by atomic mass is 19.1. The molecule has 0 radical (unpaired) electrons. The Morgan fingerprint density at radius 3 is 2.76 bits per heavy atom. The summed E-state index contributed by atoms with van der Waals surface area (Å²) < 4.78 is 26.1. The maximum atomic E-state index is 13.5. The number of alkyl halides is 1. The van der Waals surface area contributed by atoms with Crippen molar-refractivity contribution < 1.29 is 8.78 Å². The van der Waals surface area contributed by atoms with Gasteiger partial charge in [0, 0.05) is 12.6 Å². The fourth-order valence-electron chi connectivity index (χ4n) is 2.10. The molecule has 2 N–H and O–H groups in total. The largest absolute Gasteiger partial charge is 0.314 e. The van der Waals surface area contributed by atoms with Gasteiger partial charge in [0.15, 0.2) is 0 Å². The molecule has 0 aromatic heterocycles. The van der Waals surface area contributed by atoms with Gasteiger partial charge in [-0.05, 0) is 43.6 Å². The maximum Gasteiger partial charge on any atom is 0.128 e. The Bertz CT molecular complexity index is 340. The van der Waals surface area contributed by atoms with Crippen LogP contribution >= 0.6 is 0 Å². The zero-order valence-electron chi connectivity index (χ0n) is 9.76. The van der Waals surface area contributed by atoms with Gasteiger partial charge in [0.25, 0.3) is 0 Å². The molecule has 1 aliphatic heterocycles. The molecule has 94 valence electrons. The predicted octanol–water partition coefficient (Wildman–Crippen LogP) is 1.66. The van der Waals surface area contributed by atoms with Crippen molar-refractivity contribution in [1.82, 2.24) is 10.6 Å². The third-order valence-electron chi connectivity index (χ3n) is 3.14. The summed E-state index contributed by atoms with van der Waals surface area (Å²) in [6, 6.07) is 6.41. The number of hydrogen-bond donors (Lipinski definition) is 2. The monoisotopic (exact) mass is 240 g/mol. The van der Waals surface area contributed by atoms with Crippen LogP contribution in [0.15, 0.2) is 24.3 Å². The molecule has 1 heterocycles. The fourth-order valence-corrected chi connectivity index (χ4v) is 2.10. The molecule has 1 aromatic rings. The number of benzene rings is 1. The Balaban J connectivity index is 1.73. The SMILES string of the molecule is Fc1ccc(CCN[C@@H]2CCNC[C@@H]2F)cc1. The Kier molecular flexibility index (Phi) is 4.45. The van der Waals surface area contributed by atoms with Crippen LogP contribution in [-0.4, -0.2) is 31.8 Å². The van der Waals surface area contributed by atoms with Crippen molar-refractivity contribution in [3.63, 3.8) is 0 Å². The summed E-state index contributed by atoms with van der Waals surface area (Å²) in [5.74, 6) is -0.219. The van der Waals surface area contributed by atoms with Gasteiger partial charge < -0.3 is 10.6 Å². The topological polar surface area (TPSA) is 24.1 Å². The van der Waals surface area contributed by atoms with E-state index in [1.54, 1.807) is 12.1 Å². The minimum absolute atomic E-state index is 0.0447. The minimum atomic E-state index is -0.808. The van der Waals surface area contributed by atoms with Crippen LogP contribution in [0.5, 0.6) is 0 Å². The first-order valence-electron chi connectivity index (χ1n) is 6.08. The lowest BCUT2D eigenvalue weighted by atomic mass is 10.0. The predicted molar refractivity (Wildman–Crippen MR) is 64.3 cm³/mol. The van der Waals surface area contributed by atoms with Gasteiger partial charge >= 0.3 is 0 Å². The van der Waals surface area contributed by atoms with E-state index in [4.69, 9.17) is 0 Å². The van der Waals surface area contributed by atoms with Gasteiger partial charge in [-0.1, -0.05) is 12.1 Å². The maximum absolute atomic E-state index is 13.5.